The number of carbonyl (C=O) groups is 1. The molecule has 0 bridgehead atoms. The molecule has 2 unspecified atom stereocenters. The lowest BCUT2D eigenvalue weighted by atomic mass is 10.1. The lowest BCUT2D eigenvalue weighted by Crippen LogP contribution is -2.58. The molecule has 1 aliphatic heterocycles. The van der Waals surface area contributed by atoms with Gasteiger partial charge in [-0.25, -0.2) is 4.79 Å². The summed E-state index contributed by atoms with van der Waals surface area (Å²) in [5.41, 5.74) is -0.465. The molecule has 0 aliphatic carbocycles. The quantitative estimate of drug-likeness (QED) is 0.669. The predicted molar refractivity (Wildman–Crippen MR) is 69.1 cm³/mol. The van der Waals surface area contributed by atoms with E-state index in [4.69, 9.17) is 10.00 Å². The third-order valence-corrected chi connectivity index (χ3v) is 3.01. The van der Waals surface area contributed by atoms with E-state index in [1.54, 1.807) is 4.90 Å². The molecule has 1 saturated heterocycles. The topological polar surface area (TPSA) is 56.6 Å². The monoisotopic (exact) mass is 253 g/mol. The zero-order valence-electron chi connectivity index (χ0n) is 11.9. The van der Waals surface area contributed by atoms with Crippen LogP contribution in [0.1, 0.15) is 34.6 Å². The molecule has 0 spiro atoms. The second kappa shape index (κ2) is 5.57. The van der Waals surface area contributed by atoms with Crippen LogP contribution in [0.15, 0.2) is 0 Å². The van der Waals surface area contributed by atoms with Crippen LogP contribution < -0.4 is 0 Å². The van der Waals surface area contributed by atoms with Crippen LogP contribution in [-0.4, -0.2) is 53.2 Å². The molecule has 0 radical (unpaired) electrons. The molecule has 0 N–H and O–H groups in total. The van der Waals surface area contributed by atoms with Gasteiger partial charge in [-0.05, 0) is 34.6 Å². The van der Waals surface area contributed by atoms with Gasteiger partial charge in [0.2, 0.25) is 0 Å². The maximum absolute atomic E-state index is 12.0. The zero-order valence-corrected chi connectivity index (χ0v) is 11.9. The molecule has 102 valence electrons. The first-order valence-corrected chi connectivity index (χ1v) is 6.35. The van der Waals surface area contributed by atoms with Crippen LogP contribution in [0.3, 0.4) is 0 Å². The van der Waals surface area contributed by atoms with Gasteiger partial charge in [0.1, 0.15) is 5.60 Å². The van der Waals surface area contributed by atoms with Crippen LogP contribution in [-0.2, 0) is 4.74 Å². The Morgan fingerprint density at radius 1 is 1.33 bits per heavy atom. The number of rotatable bonds is 1. The molecule has 1 fully saturated rings. The molecule has 5 heteroatoms. The van der Waals surface area contributed by atoms with E-state index in [0.717, 1.165) is 0 Å². The van der Waals surface area contributed by atoms with E-state index in [2.05, 4.69) is 11.0 Å². The zero-order chi connectivity index (χ0) is 13.9. The van der Waals surface area contributed by atoms with Crippen molar-refractivity contribution in [1.82, 2.24) is 9.80 Å². The number of ether oxygens (including phenoxy) is 1. The summed E-state index contributed by atoms with van der Waals surface area (Å²) in [7, 11) is 0. The highest BCUT2D eigenvalue weighted by atomic mass is 16.6. The SMILES string of the molecule is CC1CN(C(=O)OC(C)(C)C)CC(C)N1CC#N. The van der Waals surface area contributed by atoms with Crippen LogP contribution in [0.2, 0.25) is 0 Å². The van der Waals surface area contributed by atoms with Crippen LogP contribution in [0.5, 0.6) is 0 Å². The first kappa shape index (κ1) is 14.8. The number of carbonyl (C=O) groups excluding carboxylic acids is 1. The number of hydrogen-bond donors (Lipinski definition) is 0. The predicted octanol–water partition coefficient (Wildman–Crippen LogP) is 1.84. The summed E-state index contributed by atoms with van der Waals surface area (Å²) >= 11 is 0. The molecule has 1 heterocycles. The minimum absolute atomic E-state index is 0.181. The fraction of sp³-hybridized carbons (Fsp3) is 0.846. The van der Waals surface area contributed by atoms with Gasteiger partial charge >= 0.3 is 6.09 Å². The lowest BCUT2D eigenvalue weighted by molar-refractivity contribution is -0.00432. The minimum Gasteiger partial charge on any atom is -0.444 e. The van der Waals surface area contributed by atoms with Gasteiger partial charge < -0.3 is 9.64 Å². The number of hydrogen-bond acceptors (Lipinski definition) is 4. The van der Waals surface area contributed by atoms with Gasteiger partial charge in [-0.3, -0.25) is 4.90 Å². The van der Waals surface area contributed by atoms with Crippen molar-refractivity contribution in [3.05, 3.63) is 0 Å². The van der Waals surface area contributed by atoms with Crippen molar-refractivity contribution in [3.63, 3.8) is 0 Å². The molecule has 0 aromatic heterocycles. The molecule has 5 nitrogen and oxygen atoms in total. The largest absolute Gasteiger partial charge is 0.444 e. The van der Waals surface area contributed by atoms with Crippen molar-refractivity contribution < 1.29 is 9.53 Å². The smallest absolute Gasteiger partial charge is 0.410 e. The molecule has 1 aliphatic rings. The van der Waals surface area contributed by atoms with Crippen molar-refractivity contribution in [1.29, 1.82) is 5.26 Å². The summed E-state index contributed by atoms with van der Waals surface area (Å²) in [5.74, 6) is 0. The van der Waals surface area contributed by atoms with Crippen molar-refractivity contribution in [2.75, 3.05) is 19.6 Å². The van der Waals surface area contributed by atoms with E-state index >= 15 is 0 Å². The molecule has 18 heavy (non-hydrogen) atoms. The summed E-state index contributed by atoms with van der Waals surface area (Å²) < 4.78 is 5.37. The van der Waals surface area contributed by atoms with Crippen molar-refractivity contribution in [2.45, 2.75) is 52.3 Å². The minimum atomic E-state index is -0.465. The highest BCUT2D eigenvalue weighted by molar-refractivity contribution is 5.68. The number of amides is 1. The van der Waals surface area contributed by atoms with Crippen LogP contribution in [0.4, 0.5) is 4.79 Å². The van der Waals surface area contributed by atoms with Gasteiger partial charge in [-0.2, -0.15) is 5.26 Å². The van der Waals surface area contributed by atoms with Gasteiger partial charge in [0, 0.05) is 25.2 Å². The third-order valence-electron chi connectivity index (χ3n) is 3.01. The van der Waals surface area contributed by atoms with E-state index < -0.39 is 5.60 Å². The van der Waals surface area contributed by atoms with Crippen molar-refractivity contribution in [3.8, 4) is 6.07 Å². The van der Waals surface area contributed by atoms with Gasteiger partial charge in [-0.15, -0.1) is 0 Å². The molecule has 1 amide bonds. The second-order valence-electron chi connectivity index (χ2n) is 5.91. The molecular weight excluding hydrogens is 230 g/mol. The summed E-state index contributed by atoms with van der Waals surface area (Å²) in [6.07, 6.45) is -0.266. The highest BCUT2D eigenvalue weighted by Crippen LogP contribution is 2.18. The van der Waals surface area contributed by atoms with Crippen LogP contribution >= 0.6 is 0 Å². The van der Waals surface area contributed by atoms with Gasteiger partial charge in [-0.1, -0.05) is 0 Å². The molecular formula is C13H23N3O2. The summed E-state index contributed by atoms with van der Waals surface area (Å²) in [6.45, 7) is 11.3. The Bertz CT molecular complexity index is 331. The number of nitrogens with zero attached hydrogens (tertiary/aromatic N) is 3. The van der Waals surface area contributed by atoms with Gasteiger partial charge in [0.15, 0.2) is 0 Å². The van der Waals surface area contributed by atoms with E-state index in [-0.39, 0.29) is 18.2 Å². The van der Waals surface area contributed by atoms with Crippen LogP contribution in [0, 0.1) is 11.3 Å². The molecule has 0 aromatic carbocycles. The maximum atomic E-state index is 12.0. The Hall–Kier alpha value is -1.28. The normalized spacial score (nSPS) is 25.7. The van der Waals surface area contributed by atoms with E-state index in [0.29, 0.717) is 19.6 Å². The maximum Gasteiger partial charge on any atom is 0.410 e. The second-order valence-corrected chi connectivity index (χ2v) is 5.91. The number of nitriles is 1. The Morgan fingerprint density at radius 2 is 1.83 bits per heavy atom. The number of piperazine rings is 1. The molecule has 2 atom stereocenters. The average Bonchev–Trinajstić information content (AvgIpc) is 2.20. The summed E-state index contributed by atoms with van der Waals surface area (Å²) in [6, 6.07) is 2.53. The molecule has 0 aromatic rings. The van der Waals surface area contributed by atoms with Gasteiger partial charge in [0.05, 0.1) is 12.6 Å². The third kappa shape index (κ3) is 3.88. The summed E-state index contributed by atoms with van der Waals surface area (Å²) in [4.78, 5) is 15.8. The van der Waals surface area contributed by atoms with E-state index in [9.17, 15) is 4.79 Å². The van der Waals surface area contributed by atoms with Crippen LogP contribution in [0.25, 0.3) is 0 Å². The van der Waals surface area contributed by atoms with Crippen molar-refractivity contribution in [2.24, 2.45) is 0 Å². The standard InChI is InChI=1S/C13H23N3O2/c1-10-8-15(12(17)18-13(3,4)5)9-11(2)16(10)7-6-14/h10-11H,7-9H2,1-5H3. The lowest BCUT2D eigenvalue weighted by Gasteiger charge is -2.43. The van der Waals surface area contributed by atoms with Gasteiger partial charge in [0.25, 0.3) is 0 Å². The Morgan fingerprint density at radius 3 is 2.22 bits per heavy atom. The fourth-order valence-electron chi connectivity index (χ4n) is 2.23. The van der Waals surface area contributed by atoms with E-state index in [1.165, 1.54) is 0 Å². The first-order valence-electron chi connectivity index (χ1n) is 6.35. The summed E-state index contributed by atoms with van der Waals surface area (Å²) in [5, 5.41) is 8.79. The molecule has 1 rings (SSSR count). The van der Waals surface area contributed by atoms with Crippen molar-refractivity contribution >= 4 is 6.09 Å². The average molecular weight is 253 g/mol. The Labute approximate surface area is 109 Å². The Kier molecular flexibility index (Phi) is 4.58. The highest BCUT2D eigenvalue weighted by Gasteiger charge is 2.33. The fourth-order valence-corrected chi connectivity index (χ4v) is 2.23. The Balaban J connectivity index is 2.63. The molecule has 0 saturated carbocycles. The first-order chi connectivity index (χ1) is 8.24. The van der Waals surface area contributed by atoms with E-state index in [1.807, 2.05) is 34.6 Å².